The number of benzene rings is 2. The Morgan fingerprint density at radius 1 is 1.09 bits per heavy atom. The number of aromatic hydroxyl groups is 1. The third kappa shape index (κ3) is 5.32. The van der Waals surface area contributed by atoms with Gasteiger partial charge in [-0.3, -0.25) is 10.1 Å². The largest absolute Gasteiger partial charge is 0.508 e. The summed E-state index contributed by atoms with van der Waals surface area (Å²) >= 11 is 0. The van der Waals surface area contributed by atoms with Gasteiger partial charge in [-0.1, -0.05) is 30.3 Å². The Balaban J connectivity index is 1.93. The summed E-state index contributed by atoms with van der Waals surface area (Å²) in [6.45, 7) is 3.27. The van der Waals surface area contributed by atoms with Crippen LogP contribution in [0.2, 0.25) is 0 Å². The molecular formula is C25H24N2O7. The fourth-order valence-corrected chi connectivity index (χ4v) is 3.81. The Bertz CT molecular complexity index is 1230. The molecule has 1 aliphatic heterocycles. The number of carbonyl (C=O) groups excluding carboxylic acids is 2. The predicted molar refractivity (Wildman–Crippen MR) is 124 cm³/mol. The van der Waals surface area contributed by atoms with Gasteiger partial charge in [-0.25, -0.2) is 9.59 Å². The van der Waals surface area contributed by atoms with E-state index in [4.69, 9.17) is 9.47 Å². The van der Waals surface area contributed by atoms with E-state index < -0.39 is 22.8 Å². The first-order valence-electron chi connectivity index (χ1n) is 10.4. The van der Waals surface area contributed by atoms with Crippen molar-refractivity contribution in [1.82, 2.24) is 5.32 Å². The number of hydrogen-bond acceptors (Lipinski definition) is 8. The number of allylic oxidation sites excluding steroid dienone is 2. The molecule has 1 atom stereocenters. The molecular weight excluding hydrogens is 440 g/mol. The van der Waals surface area contributed by atoms with Gasteiger partial charge in [0.25, 0.3) is 5.69 Å². The molecule has 2 aromatic carbocycles. The van der Waals surface area contributed by atoms with E-state index in [1.807, 2.05) is 0 Å². The molecule has 3 rings (SSSR count). The van der Waals surface area contributed by atoms with E-state index in [2.05, 4.69) is 5.32 Å². The minimum Gasteiger partial charge on any atom is -0.508 e. The van der Waals surface area contributed by atoms with E-state index in [0.29, 0.717) is 17.0 Å². The van der Waals surface area contributed by atoms with Gasteiger partial charge >= 0.3 is 11.9 Å². The minimum absolute atomic E-state index is 0.0663. The fraction of sp³-hybridized carbons (Fsp3) is 0.200. The second kappa shape index (κ2) is 10.5. The molecule has 176 valence electrons. The molecule has 0 aromatic heterocycles. The lowest BCUT2D eigenvalue weighted by Gasteiger charge is -2.30. The molecule has 0 spiro atoms. The third-order valence-corrected chi connectivity index (χ3v) is 5.29. The Morgan fingerprint density at radius 2 is 1.76 bits per heavy atom. The third-order valence-electron chi connectivity index (χ3n) is 5.29. The minimum atomic E-state index is -0.920. The van der Waals surface area contributed by atoms with E-state index in [1.165, 1.54) is 25.3 Å². The molecule has 0 aliphatic carbocycles. The van der Waals surface area contributed by atoms with Gasteiger partial charge in [0.2, 0.25) is 0 Å². The second-order valence-electron chi connectivity index (χ2n) is 7.57. The maximum absolute atomic E-state index is 13.1. The Hall–Kier alpha value is -4.40. The number of nitrogens with one attached hydrogen (secondary N) is 1. The molecule has 0 amide bonds. The maximum Gasteiger partial charge on any atom is 0.337 e. The molecule has 34 heavy (non-hydrogen) atoms. The van der Waals surface area contributed by atoms with E-state index in [0.717, 1.165) is 5.56 Å². The van der Waals surface area contributed by atoms with Gasteiger partial charge in [0, 0.05) is 23.5 Å². The fourth-order valence-electron chi connectivity index (χ4n) is 3.81. The van der Waals surface area contributed by atoms with Gasteiger partial charge in [0.15, 0.2) is 0 Å². The number of hydrogen-bond donors (Lipinski definition) is 2. The van der Waals surface area contributed by atoms with Gasteiger partial charge < -0.3 is 19.9 Å². The van der Waals surface area contributed by atoms with Crippen LogP contribution in [0.25, 0.3) is 6.08 Å². The monoisotopic (exact) mass is 464 g/mol. The van der Waals surface area contributed by atoms with Crippen LogP contribution in [0.1, 0.15) is 30.9 Å². The Kier molecular flexibility index (Phi) is 7.47. The van der Waals surface area contributed by atoms with Gasteiger partial charge in [0.1, 0.15) is 12.4 Å². The summed E-state index contributed by atoms with van der Waals surface area (Å²) in [4.78, 5) is 36.6. The number of non-ortho nitro benzene ring substituents is 1. The molecule has 2 aromatic rings. The van der Waals surface area contributed by atoms with Crippen molar-refractivity contribution in [3.05, 3.63) is 98.4 Å². The summed E-state index contributed by atoms with van der Waals surface area (Å²) in [5.74, 6) is -2.15. The van der Waals surface area contributed by atoms with E-state index >= 15 is 0 Å². The van der Waals surface area contributed by atoms with Crippen LogP contribution in [-0.4, -0.2) is 35.7 Å². The van der Waals surface area contributed by atoms with Crippen LogP contribution in [0.15, 0.2) is 77.1 Å². The first-order chi connectivity index (χ1) is 16.2. The smallest absolute Gasteiger partial charge is 0.337 e. The number of phenols is 1. The molecule has 0 radical (unpaired) electrons. The number of ether oxygens (including phenoxy) is 2. The number of rotatable bonds is 7. The highest BCUT2D eigenvalue weighted by molar-refractivity contribution is 6.00. The lowest BCUT2D eigenvalue weighted by atomic mass is 9.80. The highest BCUT2D eigenvalue weighted by Crippen LogP contribution is 2.40. The van der Waals surface area contributed by atoms with Crippen molar-refractivity contribution in [2.45, 2.75) is 19.8 Å². The summed E-state index contributed by atoms with van der Waals surface area (Å²) in [7, 11) is 1.22. The van der Waals surface area contributed by atoms with Gasteiger partial charge in [0.05, 0.1) is 29.1 Å². The number of dihydropyridines is 1. The Labute approximate surface area is 196 Å². The van der Waals surface area contributed by atoms with Crippen molar-refractivity contribution in [3.8, 4) is 5.75 Å². The van der Waals surface area contributed by atoms with Crippen molar-refractivity contribution in [3.63, 3.8) is 0 Å². The average Bonchev–Trinajstić information content (AvgIpc) is 2.81. The summed E-state index contributed by atoms with van der Waals surface area (Å²) in [5, 5.41) is 23.9. The number of nitro benzene ring substituents is 1. The molecule has 0 saturated heterocycles. The molecule has 1 heterocycles. The summed E-state index contributed by atoms with van der Waals surface area (Å²) in [6.07, 6.45) is 3.30. The van der Waals surface area contributed by atoms with Gasteiger partial charge in [-0.2, -0.15) is 0 Å². The van der Waals surface area contributed by atoms with Crippen LogP contribution in [0.3, 0.4) is 0 Å². The van der Waals surface area contributed by atoms with E-state index in [1.54, 1.807) is 56.3 Å². The number of nitrogens with zero attached hydrogens (tertiary/aromatic N) is 1. The number of phenolic OH excluding ortho intramolecular Hbond substituents is 1. The van der Waals surface area contributed by atoms with Crippen LogP contribution in [0.5, 0.6) is 5.75 Å². The summed E-state index contributed by atoms with van der Waals surface area (Å²) < 4.78 is 10.4. The average molecular weight is 464 g/mol. The molecule has 0 fully saturated rings. The van der Waals surface area contributed by atoms with E-state index in [9.17, 15) is 24.8 Å². The summed E-state index contributed by atoms with van der Waals surface area (Å²) in [6, 6.07) is 12.3. The first kappa shape index (κ1) is 24.2. The first-order valence-corrected chi connectivity index (χ1v) is 10.4. The number of esters is 2. The lowest BCUT2D eigenvalue weighted by Crippen LogP contribution is -2.32. The van der Waals surface area contributed by atoms with E-state index in [-0.39, 0.29) is 29.2 Å². The van der Waals surface area contributed by atoms with Crippen molar-refractivity contribution in [1.29, 1.82) is 0 Å². The van der Waals surface area contributed by atoms with Crippen LogP contribution in [0.4, 0.5) is 5.69 Å². The SMILES string of the molecule is COC(=O)C1=C(C)NC(C)=C(C(=O)OC/C=C/c2cccc(O)c2)C1c1cccc([N+](=O)[O-])c1. The second-order valence-corrected chi connectivity index (χ2v) is 7.57. The van der Waals surface area contributed by atoms with Crippen LogP contribution in [0, 0.1) is 10.1 Å². The quantitative estimate of drug-likeness (QED) is 0.358. The molecule has 1 unspecified atom stereocenters. The highest BCUT2D eigenvalue weighted by atomic mass is 16.6. The Morgan fingerprint density at radius 3 is 2.41 bits per heavy atom. The molecule has 2 N–H and O–H groups in total. The van der Waals surface area contributed by atoms with Crippen LogP contribution < -0.4 is 5.32 Å². The van der Waals surface area contributed by atoms with Crippen molar-refractivity contribution >= 4 is 23.7 Å². The zero-order valence-electron chi connectivity index (χ0n) is 18.9. The molecule has 9 heteroatoms. The predicted octanol–water partition coefficient (Wildman–Crippen LogP) is 3.96. The van der Waals surface area contributed by atoms with Crippen LogP contribution in [-0.2, 0) is 19.1 Å². The van der Waals surface area contributed by atoms with Crippen molar-refractivity contribution in [2.75, 3.05) is 13.7 Å². The number of nitro groups is 1. The molecule has 0 saturated carbocycles. The van der Waals surface area contributed by atoms with Gasteiger partial charge in [-0.05, 0) is 43.2 Å². The molecule has 0 bridgehead atoms. The number of carbonyl (C=O) groups is 2. The highest BCUT2D eigenvalue weighted by Gasteiger charge is 2.38. The molecule has 1 aliphatic rings. The van der Waals surface area contributed by atoms with Crippen molar-refractivity contribution < 1.29 is 29.1 Å². The number of methoxy groups -OCH3 is 1. The lowest BCUT2D eigenvalue weighted by molar-refractivity contribution is -0.384. The topological polar surface area (TPSA) is 128 Å². The summed E-state index contributed by atoms with van der Waals surface area (Å²) in [5.41, 5.74) is 2.19. The zero-order chi connectivity index (χ0) is 24.8. The maximum atomic E-state index is 13.1. The standard InChI is InChI=1S/C25H24N2O7/c1-15-21(24(29)33-3)23(18-9-5-10-19(14-18)27(31)32)22(16(2)26-15)25(30)34-12-6-8-17-7-4-11-20(28)13-17/h4-11,13-14,23,26,28H,12H2,1-3H3/b8-6+. The van der Waals surface area contributed by atoms with Crippen molar-refractivity contribution in [2.24, 2.45) is 0 Å². The zero-order valence-corrected chi connectivity index (χ0v) is 18.9. The molecule has 9 nitrogen and oxygen atoms in total. The van der Waals surface area contributed by atoms with Crippen LogP contribution >= 0.6 is 0 Å². The van der Waals surface area contributed by atoms with Gasteiger partial charge in [-0.15, -0.1) is 0 Å². The normalized spacial score (nSPS) is 15.8.